The molecule has 1 rings (SSSR count). The maximum atomic E-state index is 13.8. The quantitative estimate of drug-likeness (QED) is 0.295. The van der Waals surface area contributed by atoms with E-state index in [2.05, 4.69) is 4.74 Å². The van der Waals surface area contributed by atoms with Crippen LogP contribution in [-0.2, 0) is 15.5 Å². The van der Waals surface area contributed by atoms with Crippen LogP contribution >= 0.6 is 0 Å². The van der Waals surface area contributed by atoms with E-state index in [1.54, 1.807) is 0 Å². The Balaban J connectivity index is 3.03. The molecule has 1 aromatic carbocycles. The molecule has 0 fully saturated rings. The van der Waals surface area contributed by atoms with E-state index >= 15 is 0 Å². The predicted octanol–water partition coefficient (Wildman–Crippen LogP) is 2.69. The van der Waals surface area contributed by atoms with Gasteiger partial charge in [-0.2, -0.15) is 8.78 Å². The third-order valence-corrected chi connectivity index (χ3v) is 2.30. The first-order valence-corrected chi connectivity index (χ1v) is 5.49. The maximum absolute atomic E-state index is 13.8. The van der Waals surface area contributed by atoms with Gasteiger partial charge < -0.3 is 9.84 Å². The number of allylic oxidation sites excluding steroid dienone is 1. The molecule has 0 saturated carbocycles. The zero-order valence-corrected chi connectivity index (χ0v) is 10.4. The van der Waals surface area contributed by atoms with Gasteiger partial charge in [0.25, 0.3) is 5.69 Å². The van der Waals surface area contributed by atoms with E-state index < -0.39 is 28.1 Å². The molecule has 0 radical (unpaired) electrons. The summed E-state index contributed by atoms with van der Waals surface area (Å²) in [6.45, 7) is 1.46. The van der Waals surface area contributed by atoms with Gasteiger partial charge in [-0.25, -0.2) is 4.79 Å². The number of halogens is 2. The standard InChI is InChI=1S/C12H11F2NO5/c1-2-20-11(17)7-10(16)12(13,14)8-3-5-9(6-4-8)15(18)19/h3-7,16H,2H2,1H3/b10-7-. The highest BCUT2D eigenvalue weighted by atomic mass is 19.3. The first kappa shape index (κ1) is 15.5. The van der Waals surface area contributed by atoms with Crippen molar-refractivity contribution in [1.29, 1.82) is 0 Å². The molecule has 0 heterocycles. The van der Waals surface area contributed by atoms with Gasteiger partial charge in [-0.15, -0.1) is 0 Å². The number of hydrogen-bond donors (Lipinski definition) is 1. The number of hydrogen-bond acceptors (Lipinski definition) is 5. The van der Waals surface area contributed by atoms with Gasteiger partial charge in [0.05, 0.1) is 17.6 Å². The number of ether oxygens (including phenoxy) is 1. The van der Waals surface area contributed by atoms with Gasteiger partial charge in [-0.05, 0) is 19.1 Å². The van der Waals surface area contributed by atoms with Crippen LogP contribution in [-0.4, -0.2) is 22.6 Å². The van der Waals surface area contributed by atoms with Crippen molar-refractivity contribution in [3.8, 4) is 0 Å². The molecule has 6 nitrogen and oxygen atoms in total. The second-order valence-electron chi connectivity index (χ2n) is 3.66. The fourth-order valence-corrected chi connectivity index (χ4v) is 1.33. The number of nitro groups is 1. The molecule has 1 N–H and O–H groups in total. The smallest absolute Gasteiger partial charge is 0.334 e. The topological polar surface area (TPSA) is 89.7 Å². The number of aliphatic hydroxyl groups is 1. The number of alkyl halides is 2. The number of carbonyl (C=O) groups is 1. The van der Waals surface area contributed by atoms with Crippen LogP contribution < -0.4 is 0 Å². The second-order valence-corrected chi connectivity index (χ2v) is 3.66. The average molecular weight is 287 g/mol. The van der Waals surface area contributed by atoms with Gasteiger partial charge in [-0.1, -0.05) is 0 Å². The number of carbonyl (C=O) groups excluding carboxylic acids is 1. The zero-order chi connectivity index (χ0) is 15.3. The van der Waals surface area contributed by atoms with Crippen molar-refractivity contribution in [3.05, 3.63) is 51.8 Å². The molecular weight excluding hydrogens is 276 g/mol. The Morgan fingerprint density at radius 1 is 1.45 bits per heavy atom. The highest BCUT2D eigenvalue weighted by Gasteiger charge is 2.37. The first-order valence-electron chi connectivity index (χ1n) is 5.49. The van der Waals surface area contributed by atoms with Crippen LogP contribution in [0.1, 0.15) is 12.5 Å². The molecule has 0 amide bonds. The van der Waals surface area contributed by atoms with Crippen molar-refractivity contribution in [2.24, 2.45) is 0 Å². The SMILES string of the molecule is CCOC(=O)/C=C(\O)C(F)(F)c1ccc([N+](=O)[O-])cc1. The molecule has 1 aromatic rings. The third-order valence-electron chi connectivity index (χ3n) is 2.30. The molecule has 0 unspecified atom stereocenters. The lowest BCUT2D eigenvalue weighted by Crippen LogP contribution is -2.18. The Hall–Kier alpha value is -2.51. The van der Waals surface area contributed by atoms with Gasteiger partial charge in [0.2, 0.25) is 0 Å². The molecule has 20 heavy (non-hydrogen) atoms. The predicted molar refractivity (Wildman–Crippen MR) is 64.3 cm³/mol. The molecule has 0 aliphatic rings. The molecule has 0 atom stereocenters. The van der Waals surface area contributed by atoms with Gasteiger partial charge in [0.1, 0.15) is 0 Å². The van der Waals surface area contributed by atoms with Crippen molar-refractivity contribution in [3.63, 3.8) is 0 Å². The van der Waals surface area contributed by atoms with E-state index in [4.69, 9.17) is 0 Å². The van der Waals surface area contributed by atoms with E-state index in [-0.39, 0.29) is 18.4 Å². The summed E-state index contributed by atoms with van der Waals surface area (Å²) < 4.78 is 32.0. The van der Waals surface area contributed by atoms with Gasteiger partial charge in [-0.3, -0.25) is 10.1 Å². The van der Waals surface area contributed by atoms with Gasteiger partial charge in [0, 0.05) is 17.7 Å². The fourth-order valence-electron chi connectivity index (χ4n) is 1.33. The van der Waals surface area contributed by atoms with Crippen LogP contribution in [0.15, 0.2) is 36.1 Å². The van der Waals surface area contributed by atoms with Crippen LogP contribution in [0.5, 0.6) is 0 Å². The molecule has 8 heteroatoms. The Kier molecular flexibility index (Phi) is 4.73. The van der Waals surface area contributed by atoms with E-state index in [0.717, 1.165) is 24.3 Å². The minimum Gasteiger partial charge on any atom is -0.506 e. The number of nitro benzene ring substituents is 1. The number of esters is 1. The van der Waals surface area contributed by atoms with Crippen molar-refractivity contribution < 1.29 is 28.3 Å². The summed E-state index contributed by atoms with van der Waals surface area (Å²) in [5.74, 6) is -6.45. The third kappa shape index (κ3) is 3.50. The summed E-state index contributed by atoms with van der Waals surface area (Å²) >= 11 is 0. The number of benzene rings is 1. The summed E-state index contributed by atoms with van der Waals surface area (Å²) in [6.07, 6.45) is 0.269. The average Bonchev–Trinajstić information content (AvgIpc) is 2.38. The molecule has 0 spiro atoms. The van der Waals surface area contributed by atoms with Crippen molar-refractivity contribution in [2.75, 3.05) is 6.61 Å². The van der Waals surface area contributed by atoms with Crippen LogP contribution in [0.2, 0.25) is 0 Å². The highest BCUT2D eigenvalue weighted by molar-refractivity contribution is 5.82. The molecule has 108 valence electrons. The van der Waals surface area contributed by atoms with Gasteiger partial charge in [0.15, 0.2) is 5.76 Å². The van der Waals surface area contributed by atoms with E-state index in [1.807, 2.05) is 0 Å². The van der Waals surface area contributed by atoms with E-state index in [1.165, 1.54) is 6.92 Å². The number of rotatable bonds is 5. The Bertz CT molecular complexity index is 539. The molecule has 0 aliphatic heterocycles. The minimum atomic E-state index is -3.85. The largest absolute Gasteiger partial charge is 0.506 e. The van der Waals surface area contributed by atoms with Crippen molar-refractivity contribution in [1.82, 2.24) is 0 Å². The molecule has 0 saturated heterocycles. The molecule has 0 bridgehead atoms. The monoisotopic (exact) mass is 287 g/mol. The van der Waals surface area contributed by atoms with Crippen molar-refractivity contribution in [2.45, 2.75) is 12.8 Å². The summed E-state index contributed by atoms with van der Waals surface area (Å²) in [6, 6.07) is 3.35. The summed E-state index contributed by atoms with van der Waals surface area (Å²) in [4.78, 5) is 20.7. The summed E-state index contributed by atoms with van der Waals surface area (Å²) in [5.41, 5.74) is -1.04. The van der Waals surface area contributed by atoms with E-state index in [0.29, 0.717) is 0 Å². The normalized spacial score (nSPS) is 12.1. The Morgan fingerprint density at radius 3 is 2.45 bits per heavy atom. The van der Waals surface area contributed by atoms with Crippen LogP contribution in [0.4, 0.5) is 14.5 Å². The number of aliphatic hydroxyl groups excluding tert-OH is 1. The van der Waals surface area contributed by atoms with Gasteiger partial charge >= 0.3 is 11.9 Å². The molecular formula is C12H11F2NO5. The number of nitrogens with zero attached hydrogens (tertiary/aromatic N) is 1. The Morgan fingerprint density at radius 2 is 2.00 bits per heavy atom. The lowest BCUT2D eigenvalue weighted by atomic mass is 10.1. The molecule has 0 aliphatic carbocycles. The first-order chi connectivity index (χ1) is 9.28. The van der Waals surface area contributed by atoms with E-state index in [9.17, 15) is 28.8 Å². The lowest BCUT2D eigenvalue weighted by molar-refractivity contribution is -0.384. The van der Waals surface area contributed by atoms with Crippen LogP contribution in [0.25, 0.3) is 0 Å². The van der Waals surface area contributed by atoms with Crippen LogP contribution in [0.3, 0.4) is 0 Å². The summed E-state index contributed by atoms with van der Waals surface area (Å²) in [5, 5.41) is 19.7. The van der Waals surface area contributed by atoms with Crippen molar-refractivity contribution >= 4 is 11.7 Å². The lowest BCUT2D eigenvalue weighted by Gasteiger charge is -2.15. The Labute approximate surface area is 112 Å². The molecule has 0 aromatic heterocycles. The summed E-state index contributed by atoms with van der Waals surface area (Å²) in [7, 11) is 0. The number of non-ortho nitro benzene ring substituents is 1. The van der Waals surface area contributed by atoms with Crippen LogP contribution in [0, 0.1) is 10.1 Å². The zero-order valence-electron chi connectivity index (χ0n) is 10.4. The maximum Gasteiger partial charge on any atom is 0.334 e. The highest BCUT2D eigenvalue weighted by Crippen LogP contribution is 2.35. The minimum absolute atomic E-state index is 0.0221. The second kappa shape index (κ2) is 6.09. The fraction of sp³-hybridized carbons (Fsp3) is 0.250.